The average Bonchev–Trinajstić information content (AvgIpc) is 2.07. The highest BCUT2D eigenvalue weighted by atomic mass is 16.1. The van der Waals surface area contributed by atoms with Gasteiger partial charge in [-0.25, -0.2) is 0 Å². The summed E-state index contributed by atoms with van der Waals surface area (Å²) in [5, 5.41) is 3.03. The van der Waals surface area contributed by atoms with Crippen molar-refractivity contribution in [1.29, 1.82) is 0 Å². The molecule has 1 fully saturated rings. The lowest BCUT2D eigenvalue weighted by Gasteiger charge is -2.29. The number of hydrogen-bond donors (Lipinski definition) is 2. The molecule has 1 aliphatic rings. The van der Waals surface area contributed by atoms with Gasteiger partial charge in [0.1, 0.15) is 0 Å². The highest BCUT2D eigenvalue weighted by molar-refractivity contribution is 5.76. The zero-order chi connectivity index (χ0) is 10.6. The molecule has 1 saturated heterocycles. The summed E-state index contributed by atoms with van der Waals surface area (Å²) in [5.74, 6) is 0.0922. The monoisotopic (exact) mass is 199 g/mol. The SMILES string of the molecule is CC(N)CC(=O)NC1CCN(C)CC1. The largest absolute Gasteiger partial charge is 0.353 e. The van der Waals surface area contributed by atoms with Crippen LogP contribution in [0.3, 0.4) is 0 Å². The Hall–Kier alpha value is -0.610. The van der Waals surface area contributed by atoms with Crippen LogP contribution in [-0.2, 0) is 4.79 Å². The third kappa shape index (κ3) is 4.07. The van der Waals surface area contributed by atoms with Crippen molar-refractivity contribution in [2.24, 2.45) is 5.73 Å². The minimum Gasteiger partial charge on any atom is -0.353 e. The van der Waals surface area contributed by atoms with Gasteiger partial charge >= 0.3 is 0 Å². The predicted molar refractivity (Wildman–Crippen MR) is 56.9 cm³/mol. The quantitative estimate of drug-likeness (QED) is 0.669. The first-order valence-electron chi connectivity index (χ1n) is 5.31. The van der Waals surface area contributed by atoms with Crippen LogP contribution in [0.2, 0.25) is 0 Å². The molecule has 1 unspecified atom stereocenters. The molecular formula is C10H21N3O. The second kappa shape index (κ2) is 5.32. The number of hydrogen-bond acceptors (Lipinski definition) is 3. The molecule has 1 amide bonds. The first-order valence-corrected chi connectivity index (χ1v) is 5.31. The van der Waals surface area contributed by atoms with E-state index in [-0.39, 0.29) is 11.9 Å². The van der Waals surface area contributed by atoms with Crippen LogP contribution in [0.1, 0.15) is 26.2 Å². The highest BCUT2D eigenvalue weighted by Crippen LogP contribution is 2.08. The van der Waals surface area contributed by atoms with Crippen molar-refractivity contribution < 1.29 is 4.79 Å². The molecular weight excluding hydrogens is 178 g/mol. The van der Waals surface area contributed by atoms with Gasteiger partial charge in [0.25, 0.3) is 0 Å². The Kier molecular flexibility index (Phi) is 4.35. The van der Waals surface area contributed by atoms with Gasteiger partial charge in [0.05, 0.1) is 0 Å². The number of nitrogens with zero attached hydrogens (tertiary/aromatic N) is 1. The van der Waals surface area contributed by atoms with Gasteiger partial charge < -0.3 is 16.0 Å². The summed E-state index contributed by atoms with van der Waals surface area (Å²) in [4.78, 5) is 13.7. The summed E-state index contributed by atoms with van der Waals surface area (Å²) >= 11 is 0. The Labute approximate surface area is 85.8 Å². The number of amides is 1. The second-order valence-corrected chi connectivity index (χ2v) is 4.33. The maximum absolute atomic E-state index is 11.4. The number of likely N-dealkylation sites (tertiary alicyclic amines) is 1. The molecule has 1 atom stereocenters. The molecule has 3 N–H and O–H groups in total. The molecule has 0 spiro atoms. The smallest absolute Gasteiger partial charge is 0.221 e. The van der Waals surface area contributed by atoms with E-state index in [2.05, 4.69) is 17.3 Å². The zero-order valence-electron chi connectivity index (χ0n) is 9.12. The summed E-state index contributed by atoms with van der Waals surface area (Å²) in [6, 6.07) is 0.318. The topological polar surface area (TPSA) is 58.4 Å². The van der Waals surface area contributed by atoms with Crippen molar-refractivity contribution in [2.75, 3.05) is 20.1 Å². The van der Waals surface area contributed by atoms with Crippen LogP contribution in [0, 0.1) is 0 Å². The van der Waals surface area contributed by atoms with Gasteiger partial charge in [-0.15, -0.1) is 0 Å². The maximum atomic E-state index is 11.4. The minimum absolute atomic E-state index is 0.0405. The molecule has 0 radical (unpaired) electrons. The lowest BCUT2D eigenvalue weighted by Crippen LogP contribution is -2.44. The van der Waals surface area contributed by atoms with E-state index in [1.54, 1.807) is 0 Å². The number of nitrogens with one attached hydrogen (secondary N) is 1. The molecule has 4 nitrogen and oxygen atoms in total. The van der Waals surface area contributed by atoms with E-state index in [1.165, 1.54) is 0 Å². The number of piperidine rings is 1. The Balaban J connectivity index is 2.20. The second-order valence-electron chi connectivity index (χ2n) is 4.33. The summed E-state index contributed by atoms with van der Waals surface area (Å²) in [6.07, 6.45) is 2.55. The molecule has 4 heteroatoms. The predicted octanol–water partition coefficient (Wildman–Crippen LogP) is -0.0659. The fourth-order valence-corrected chi connectivity index (χ4v) is 1.73. The molecule has 1 heterocycles. The Morgan fingerprint density at radius 1 is 1.57 bits per heavy atom. The number of rotatable bonds is 3. The third-order valence-corrected chi connectivity index (χ3v) is 2.59. The van der Waals surface area contributed by atoms with E-state index in [0.29, 0.717) is 12.5 Å². The van der Waals surface area contributed by atoms with Gasteiger partial charge in [-0.3, -0.25) is 4.79 Å². The summed E-state index contributed by atoms with van der Waals surface area (Å²) in [7, 11) is 2.11. The van der Waals surface area contributed by atoms with E-state index >= 15 is 0 Å². The minimum atomic E-state index is -0.0405. The fraction of sp³-hybridized carbons (Fsp3) is 0.900. The summed E-state index contributed by atoms with van der Waals surface area (Å²) in [5.41, 5.74) is 5.55. The summed E-state index contributed by atoms with van der Waals surface area (Å²) < 4.78 is 0. The first kappa shape index (κ1) is 11.5. The van der Waals surface area contributed by atoms with Crippen LogP contribution >= 0.6 is 0 Å². The maximum Gasteiger partial charge on any atom is 0.221 e. The van der Waals surface area contributed by atoms with Crippen molar-refractivity contribution in [3.63, 3.8) is 0 Å². The number of carbonyl (C=O) groups excluding carboxylic acids is 1. The van der Waals surface area contributed by atoms with Crippen LogP contribution in [0.15, 0.2) is 0 Å². The molecule has 0 aromatic rings. The molecule has 0 aromatic carbocycles. The lowest BCUT2D eigenvalue weighted by atomic mass is 10.1. The van der Waals surface area contributed by atoms with Crippen LogP contribution in [-0.4, -0.2) is 43.0 Å². The van der Waals surface area contributed by atoms with E-state index < -0.39 is 0 Å². The van der Waals surface area contributed by atoms with Crippen LogP contribution in [0.4, 0.5) is 0 Å². The fourth-order valence-electron chi connectivity index (χ4n) is 1.73. The van der Waals surface area contributed by atoms with Gasteiger partial charge in [-0.1, -0.05) is 0 Å². The third-order valence-electron chi connectivity index (χ3n) is 2.59. The lowest BCUT2D eigenvalue weighted by molar-refractivity contribution is -0.122. The molecule has 1 aliphatic heterocycles. The molecule has 0 bridgehead atoms. The van der Waals surface area contributed by atoms with Gasteiger partial charge in [-0.2, -0.15) is 0 Å². The summed E-state index contributed by atoms with van der Waals surface area (Å²) in [6.45, 7) is 4.00. The van der Waals surface area contributed by atoms with Crippen molar-refractivity contribution in [1.82, 2.24) is 10.2 Å². The molecule has 0 aliphatic carbocycles. The highest BCUT2D eigenvalue weighted by Gasteiger charge is 2.18. The molecule has 0 saturated carbocycles. The molecule has 0 aromatic heterocycles. The van der Waals surface area contributed by atoms with Crippen molar-refractivity contribution in [3.05, 3.63) is 0 Å². The Bertz CT molecular complexity index is 186. The van der Waals surface area contributed by atoms with E-state index in [0.717, 1.165) is 25.9 Å². The van der Waals surface area contributed by atoms with Crippen molar-refractivity contribution in [2.45, 2.75) is 38.3 Å². The zero-order valence-corrected chi connectivity index (χ0v) is 9.12. The standard InChI is InChI=1S/C10H21N3O/c1-8(11)7-10(14)12-9-3-5-13(2)6-4-9/h8-9H,3-7,11H2,1-2H3,(H,12,14). The van der Waals surface area contributed by atoms with Crippen LogP contribution < -0.4 is 11.1 Å². The normalized spacial score (nSPS) is 21.9. The number of carbonyl (C=O) groups is 1. The van der Waals surface area contributed by atoms with Crippen molar-refractivity contribution >= 4 is 5.91 Å². The average molecular weight is 199 g/mol. The van der Waals surface area contributed by atoms with Gasteiger partial charge in [0.15, 0.2) is 0 Å². The number of nitrogens with two attached hydrogens (primary N) is 1. The van der Waals surface area contributed by atoms with Gasteiger partial charge in [0, 0.05) is 18.5 Å². The molecule has 14 heavy (non-hydrogen) atoms. The Morgan fingerprint density at radius 3 is 2.64 bits per heavy atom. The van der Waals surface area contributed by atoms with E-state index in [4.69, 9.17) is 5.73 Å². The van der Waals surface area contributed by atoms with Crippen LogP contribution in [0.25, 0.3) is 0 Å². The molecule has 1 rings (SSSR count). The Morgan fingerprint density at radius 2 is 2.14 bits per heavy atom. The van der Waals surface area contributed by atoms with Crippen molar-refractivity contribution in [3.8, 4) is 0 Å². The van der Waals surface area contributed by atoms with Gasteiger partial charge in [0.2, 0.25) is 5.91 Å². The van der Waals surface area contributed by atoms with E-state index in [9.17, 15) is 4.79 Å². The van der Waals surface area contributed by atoms with Gasteiger partial charge in [-0.05, 0) is 39.9 Å². The molecule has 82 valence electrons. The van der Waals surface area contributed by atoms with Crippen LogP contribution in [0.5, 0.6) is 0 Å². The first-order chi connectivity index (χ1) is 6.58. The van der Waals surface area contributed by atoms with E-state index in [1.807, 2.05) is 6.92 Å².